The van der Waals surface area contributed by atoms with E-state index in [2.05, 4.69) is 5.32 Å². The second kappa shape index (κ2) is 9.64. The van der Waals surface area contributed by atoms with Crippen LogP contribution in [-0.4, -0.2) is 59.2 Å². The number of unbranched alkanes of at least 4 members (excludes halogenated alkanes) is 1. The molecule has 1 aliphatic heterocycles. The van der Waals surface area contributed by atoms with Gasteiger partial charge in [-0.3, -0.25) is 19.3 Å². The zero-order valence-corrected chi connectivity index (χ0v) is 17.8. The molecule has 0 radical (unpaired) electrons. The number of aryl methyl sites for hydroxylation is 1. The maximum Gasteiger partial charge on any atom is 0.341 e. The quantitative estimate of drug-likeness (QED) is 0.370. The maximum atomic E-state index is 12.5. The molecular formula is C19H25N3O6S. The van der Waals surface area contributed by atoms with Gasteiger partial charge in [0.25, 0.3) is 0 Å². The van der Waals surface area contributed by atoms with Crippen LogP contribution < -0.4 is 5.32 Å². The third kappa shape index (κ3) is 4.64. The fourth-order valence-electron chi connectivity index (χ4n) is 2.95. The van der Waals surface area contributed by atoms with E-state index >= 15 is 0 Å². The lowest BCUT2D eigenvalue weighted by atomic mass is 10.1. The first-order chi connectivity index (χ1) is 13.8. The number of hydrogen-bond donors (Lipinski definition) is 1. The first-order valence-electron chi connectivity index (χ1n) is 9.53. The van der Waals surface area contributed by atoms with Gasteiger partial charge in [-0.15, -0.1) is 11.3 Å². The minimum Gasteiger partial charge on any atom is -0.462 e. The number of nitrogens with one attached hydrogen (secondary N) is 1. The molecule has 2 rings (SSSR count). The molecule has 0 aliphatic carbocycles. The summed E-state index contributed by atoms with van der Waals surface area (Å²) in [6, 6.07) is -0.800. The lowest BCUT2D eigenvalue weighted by molar-refractivity contribution is -0.143. The SMILES string of the molecule is CCCCN1C(=O)C(=O)N(CC(=O)Nc2sc(CC)c(C)c2C(=O)OCC)C1=O. The minimum atomic E-state index is -1.02. The highest BCUT2D eigenvalue weighted by Crippen LogP contribution is 2.34. The molecule has 5 amide bonds. The average Bonchev–Trinajstić information content (AvgIpc) is 3.09. The number of rotatable bonds is 9. The normalized spacial score (nSPS) is 14.0. The average molecular weight is 423 g/mol. The van der Waals surface area contributed by atoms with Crippen molar-refractivity contribution in [3.8, 4) is 0 Å². The monoisotopic (exact) mass is 423 g/mol. The zero-order valence-electron chi connectivity index (χ0n) is 17.0. The van der Waals surface area contributed by atoms with Gasteiger partial charge in [-0.1, -0.05) is 20.3 Å². The standard InChI is InChI=1S/C19H25N3O6S/c1-5-8-9-21-16(24)17(25)22(19(21)27)10-13(23)20-15-14(18(26)28-7-3)11(4)12(6-2)29-15/h5-10H2,1-4H3,(H,20,23). The molecule has 0 atom stereocenters. The smallest absolute Gasteiger partial charge is 0.341 e. The van der Waals surface area contributed by atoms with Gasteiger partial charge in [0.2, 0.25) is 5.91 Å². The molecule has 0 spiro atoms. The van der Waals surface area contributed by atoms with E-state index in [1.54, 1.807) is 13.8 Å². The summed E-state index contributed by atoms with van der Waals surface area (Å²) in [6.07, 6.45) is 1.99. The molecule has 1 N–H and O–H groups in total. The Hall–Kier alpha value is -2.75. The molecule has 1 aliphatic rings. The number of thiophene rings is 1. The van der Waals surface area contributed by atoms with Gasteiger partial charge in [0, 0.05) is 11.4 Å². The first-order valence-corrected chi connectivity index (χ1v) is 10.3. The topological polar surface area (TPSA) is 113 Å². The van der Waals surface area contributed by atoms with Crippen molar-refractivity contribution in [3.63, 3.8) is 0 Å². The van der Waals surface area contributed by atoms with Crippen molar-refractivity contribution >= 4 is 46.1 Å². The molecule has 1 aromatic rings. The van der Waals surface area contributed by atoms with Crippen molar-refractivity contribution in [2.45, 2.75) is 47.0 Å². The first kappa shape index (κ1) is 22.5. The number of hydrogen-bond acceptors (Lipinski definition) is 7. The molecule has 29 heavy (non-hydrogen) atoms. The number of carbonyl (C=O) groups is 5. The van der Waals surface area contributed by atoms with E-state index in [0.29, 0.717) is 22.7 Å². The summed E-state index contributed by atoms with van der Waals surface area (Å²) in [4.78, 5) is 63.6. The Balaban J connectivity index is 2.17. The van der Waals surface area contributed by atoms with Gasteiger partial charge >= 0.3 is 23.8 Å². The van der Waals surface area contributed by atoms with Crippen LogP contribution >= 0.6 is 11.3 Å². The number of carbonyl (C=O) groups excluding carboxylic acids is 5. The number of nitrogens with zero attached hydrogens (tertiary/aromatic N) is 2. The lowest BCUT2D eigenvalue weighted by Gasteiger charge is -2.15. The van der Waals surface area contributed by atoms with E-state index in [9.17, 15) is 24.0 Å². The predicted molar refractivity (Wildman–Crippen MR) is 107 cm³/mol. The molecular weight excluding hydrogens is 398 g/mol. The highest BCUT2D eigenvalue weighted by atomic mass is 32.1. The minimum absolute atomic E-state index is 0.134. The van der Waals surface area contributed by atoms with Crippen LogP contribution in [0.25, 0.3) is 0 Å². The molecule has 2 heterocycles. The Labute approximate surface area is 173 Å². The summed E-state index contributed by atoms with van der Waals surface area (Å²) in [7, 11) is 0. The third-order valence-corrected chi connectivity index (χ3v) is 5.82. The highest BCUT2D eigenvalue weighted by Gasteiger charge is 2.44. The Bertz CT molecular complexity index is 847. The van der Waals surface area contributed by atoms with Crippen molar-refractivity contribution in [1.29, 1.82) is 0 Å². The number of ether oxygens (including phenoxy) is 1. The molecule has 0 aromatic carbocycles. The molecule has 1 aromatic heterocycles. The van der Waals surface area contributed by atoms with Crippen LogP contribution in [0.3, 0.4) is 0 Å². The molecule has 10 heteroatoms. The second-order valence-corrected chi connectivity index (χ2v) is 7.57. The Morgan fingerprint density at radius 2 is 1.72 bits per heavy atom. The third-order valence-electron chi connectivity index (χ3n) is 4.47. The van der Waals surface area contributed by atoms with Gasteiger partial charge in [-0.2, -0.15) is 0 Å². The summed E-state index contributed by atoms with van der Waals surface area (Å²) in [5, 5.41) is 2.89. The maximum absolute atomic E-state index is 12.5. The van der Waals surface area contributed by atoms with E-state index in [1.807, 2.05) is 13.8 Å². The largest absolute Gasteiger partial charge is 0.462 e. The van der Waals surface area contributed by atoms with Crippen molar-refractivity contribution in [2.75, 3.05) is 25.0 Å². The van der Waals surface area contributed by atoms with Crippen LogP contribution in [0.1, 0.15) is 54.4 Å². The summed E-state index contributed by atoms with van der Waals surface area (Å²) in [5.74, 6) is -3.18. The van der Waals surface area contributed by atoms with Crippen molar-refractivity contribution in [1.82, 2.24) is 9.80 Å². The van der Waals surface area contributed by atoms with E-state index in [4.69, 9.17) is 4.74 Å². The second-order valence-electron chi connectivity index (χ2n) is 6.46. The van der Waals surface area contributed by atoms with Gasteiger partial charge in [0.1, 0.15) is 11.5 Å². The van der Waals surface area contributed by atoms with Gasteiger partial charge in [-0.05, 0) is 32.3 Å². The van der Waals surface area contributed by atoms with Crippen LogP contribution in [0, 0.1) is 6.92 Å². The molecule has 1 fully saturated rings. The fraction of sp³-hybridized carbons (Fsp3) is 0.526. The Kier molecular flexibility index (Phi) is 7.49. The number of urea groups is 1. The summed E-state index contributed by atoms with van der Waals surface area (Å²) < 4.78 is 5.07. The highest BCUT2D eigenvalue weighted by molar-refractivity contribution is 7.17. The van der Waals surface area contributed by atoms with E-state index in [1.165, 1.54) is 11.3 Å². The van der Waals surface area contributed by atoms with E-state index < -0.39 is 36.3 Å². The lowest BCUT2D eigenvalue weighted by Crippen LogP contribution is -2.39. The summed E-state index contributed by atoms with van der Waals surface area (Å²) in [6.45, 7) is 7.00. The summed E-state index contributed by atoms with van der Waals surface area (Å²) >= 11 is 1.24. The zero-order chi connectivity index (χ0) is 21.7. The Morgan fingerprint density at radius 3 is 2.31 bits per heavy atom. The van der Waals surface area contributed by atoms with Gasteiger partial charge in [0.15, 0.2) is 0 Å². The molecule has 0 unspecified atom stereocenters. The molecule has 0 bridgehead atoms. The number of anilines is 1. The number of amides is 5. The number of esters is 1. The number of imide groups is 2. The van der Waals surface area contributed by atoms with Crippen LogP contribution in [0.5, 0.6) is 0 Å². The molecule has 158 valence electrons. The Morgan fingerprint density at radius 1 is 1.07 bits per heavy atom. The van der Waals surface area contributed by atoms with E-state index in [-0.39, 0.29) is 18.7 Å². The van der Waals surface area contributed by atoms with Crippen LogP contribution in [0.15, 0.2) is 0 Å². The molecule has 9 nitrogen and oxygen atoms in total. The van der Waals surface area contributed by atoms with Crippen LogP contribution in [0.4, 0.5) is 9.80 Å². The summed E-state index contributed by atoms with van der Waals surface area (Å²) in [5.41, 5.74) is 0.988. The van der Waals surface area contributed by atoms with Crippen molar-refractivity contribution in [2.24, 2.45) is 0 Å². The predicted octanol–water partition coefficient (Wildman–Crippen LogP) is 2.33. The molecule has 0 saturated carbocycles. The van der Waals surface area contributed by atoms with Crippen LogP contribution in [0.2, 0.25) is 0 Å². The van der Waals surface area contributed by atoms with E-state index in [0.717, 1.165) is 21.8 Å². The van der Waals surface area contributed by atoms with Gasteiger partial charge in [0.05, 0.1) is 12.2 Å². The molecule has 1 saturated heterocycles. The van der Waals surface area contributed by atoms with Crippen LogP contribution in [-0.2, 0) is 25.5 Å². The van der Waals surface area contributed by atoms with Gasteiger partial charge < -0.3 is 10.1 Å². The van der Waals surface area contributed by atoms with Gasteiger partial charge in [-0.25, -0.2) is 14.5 Å². The fourth-order valence-corrected chi connectivity index (χ4v) is 4.10. The van der Waals surface area contributed by atoms with Crippen molar-refractivity contribution < 1.29 is 28.7 Å². The van der Waals surface area contributed by atoms with Crippen molar-refractivity contribution in [3.05, 3.63) is 16.0 Å².